The van der Waals surface area contributed by atoms with Gasteiger partial charge in [0.25, 0.3) is 0 Å². The Morgan fingerprint density at radius 1 is 1.08 bits per heavy atom. The topological polar surface area (TPSA) is 67.9 Å². The van der Waals surface area contributed by atoms with E-state index in [1.807, 2.05) is 6.07 Å². The first-order valence-corrected chi connectivity index (χ1v) is 8.31. The summed E-state index contributed by atoms with van der Waals surface area (Å²) in [7, 11) is 0. The highest BCUT2D eigenvalue weighted by atomic mass is 19.1. The number of benzene rings is 1. The predicted molar refractivity (Wildman–Crippen MR) is 93.9 cm³/mol. The monoisotopic (exact) mass is 353 g/mol. The molecular weight excluding hydrogens is 336 g/mol. The van der Waals surface area contributed by atoms with Gasteiger partial charge in [-0.25, -0.2) is 18.7 Å². The zero-order valence-corrected chi connectivity index (χ0v) is 14.0. The number of rotatable bonds is 3. The second kappa shape index (κ2) is 6.76. The van der Waals surface area contributed by atoms with Crippen LogP contribution in [0.2, 0.25) is 0 Å². The molecule has 0 aliphatic carbocycles. The Morgan fingerprint density at radius 2 is 1.96 bits per heavy atom. The molecule has 4 rings (SSSR count). The molecule has 1 aromatic carbocycles. The van der Waals surface area contributed by atoms with Crippen molar-refractivity contribution < 1.29 is 8.78 Å². The van der Waals surface area contributed by atoms with Crippen molar-refractivity contribution in [3.05, 3.63) is 71.2 Å². The van der Waals surface area contributed by atoms with Gasteiger partial charge in [0.2, 0.25) is 5.95 Å². The van der Waals surface area contributed by atoms with E-state index < -0.39 is 11.6 Å². The van der Waals surface area contributed by atoms with E-state index in [-0.39, 0.29) is 0 Å². The maximum Gasteiger partial charge on any atom is 0.220 e. The molecule has 0 unspecified atom stereocenters. The van der Waals surface area contributed by atoms with E-state index in [1.54, 1.807) is 18.5 Å². The predicted octanol–water partition coefficient (Wildman–Crippen LogP) is 2.96. The number of nitrogen functional groups attached to an aromatic ring is 1. The molecule has 0 bridgehead atoms. The van der Waals surface area contributed by atoms with Crippen molar-refractivity contribution in [2.24, 2.45) is 0 Å². The fourth-order valence-corrected chi connectivity index (χ4v) is 3.16. The summed E-state index contributed by atoms with van der Waals surface area (Å²) in [6.45, 7) is 2.35. The Hall–Kier alpha value is -2.93. The van der Waals surface area contributed by atoms with E-state index in [4.69, 9.17) is 5.73 Å². The molecule has 0 radical (unpaired) electrons. The molecule has 7 heteroatoms. The number of nitrogens with two attached hydrogens (primary N) is 1. The Labute approximate surface area is 149 Å². The molecule has 2 aromatic heterocycles. The molecular formula is C19H17F2N5. The molecule has 2 N–H and O–H groups in total. The average molecular weight is 353 g/mol. The Morgan fingerprint density at radius 3 is 2.73 bits per heavy atom. The third-order valence-corrected chi connectivity index (χ3v) is 4.47. The first-order valence-electron chi connectivity index (χ1n) is 8.31. The van der Waals surface area contributed by atoms with Crippen LogP contribution < -0.4 is 5.73 Å². The van der Waals surface area contributed by atoms with Gasteiger partial charge in [-0.1, -0.05) is 6.07 Å². The highest BCUT2D eigenvalue weighted by Crippen LogP contribution is 2.23. The SMILES string of the molecule is Nc1ncc2c(n1)CCN(Cc1ccc(-c3ccc(F)cc3F)nc1)C2. The summed E-state index contributed by atoms with van der Waals surface area (Å²) in [6, 6.07) is 7.17. The van der Waals surface area contributed by atoms with Gasteiger partial charge in [-0.2, -0.15) is 0 Å². The number of nitrogens with zero attached hydrogens (tertiary/aromatic N) is 4. The largest absolute Gasteiger partial charge is 0.368 e. The minimum Gasteiger partial charge on any atom is -0.368 e. The summed E-state index contributed by atoms with van der Waals surface area (Å²) in [6.07, 6.45) is 4.34. The van der Waals surface area contributed by atoms with Crippen LogP contribution in [0.15, 0.2) is 42.7 Å². The standard InChI is InChI=1S/C19H17F2N5/c20-14-2-3-15(16(21)7-14)18-4-1-12(8-23-18)10-26-6-5-17-13(11-26)9-24-19(22)25-17/h1-4,7-9H,5-6,10-11H2,(H2,22,24,25). The first kappa shape index (κ1) is 16.5. The van der Waals surface area contributed by atoms with Crippen molar-refractivity contribution in [2.75, 3.05) is 12.3 Å². The first-order chi connectivity index (χ1) is 12.6. The Kier molecular flexibility index (Phi) is 4.30. The van der Waals surface area contributed by atoms with Crippen molar-refractivity contribution in [2.45, 2.75) is 19.5 Å². The molecule has 0 saturated carbocycles. The molecule has 0 spiro atoms. The van der Waals surface area contributed by atoms with Crippen LogP contribution in [-0.4, -0.2) is 26.4 Å². The van der Waals surface area contributed by atoms with Crippen molar-refractivity contribution >= 4 is 5.95 Å². The molecule has 1 aliphatic rings. The van der Waals surface area contributed by atoms with Gasteiger partial charge < -0.3 is 5.73 Å². The third kappa shape index (κ3) is 3.39. The number of anilines is 1. The van der Waals surface area contributed by atoms with E-state index in [9.17, 15) is 8.78 Å². The lowest BCUT2D eigenvalue weighted by atomic mass is 10.1. The van der Waals surface area contributed by atoms with Crippen molar-refractivity contribution in [1.29, 1.82) is 0 Å². The minimum atomic E-state index is -0.614. The van der Waals surface area contributed by atoms with Crippen molar-refractivity contribution in [1.82, 2.24) is 19.9 Å². The van der Waals surface area contributed by atoms with Crippen LogP contribution in [-0.2, 0) is 19.5 Å². The summed E-state index contributed by atoms with van der Waals surface area (Å²) < 4.78 is 26.9. The number of hydrogen-bond acceptors (Lipinski definition) is 5. The summed E-state index contributed by atoms with van der Waals surface area (Å²) in [4.78, 5) is 14.9. The lowest BCUT2D eigenvalue weighted by Crippen LogP contribution is -2.31. The molecule has 0 fully saturated rings. The zero-order valence-electron chi connectivity index (χ0n) is 14.0. The van der Waals surface area contributed by atoms with Gasteiger partial charge in [0.1, 0.15) is 11.6 Å². The van der Waals surface area contributed by atoms with Crippen molar-refractivity contribution in [3.8, 4) is 11.3 Å². The summed E-state index contributed by atoms with van der Waals surface area (Å²) in [5, 5.41) is 0. The highest BCUT2D eigenvalue weighted by molar-refractivity contribution is 5.59. The third-order valence-electron chi connectivity index (χ3n) is 4.47. The number of pyridine rings is 1. The molecule has 0 atom stereocenters. The van der Waals surface area contributed by atoms with Crippen LogP contribution >= 0.6 is 0 Å². The van der Waals surface area contributed by atoms with Crippen LogP contribution in [0.4, 0.5) is 14.7 Å². The second-order valence-corrected chi connectivity index (χ2v) is 6.34. The number of hydrogen-bond donors (Lipinski definition) is 1. The molecule has 26 heavy (non-hydrogen) atoms. The highest BCUT2D eigenvalue weighted by Gasteiger charge is 2.18. The van der Waals surface area contributed by atoms with Gasteiger partial charge in [-0.15, -0.1) is 0 Å². The van der Waals surface area contributed by atoms with Gasteiger partial charge in [0, 0.05) is 55.6 Å². The fraction of sp³-hybridized carbons (Fsp3) is 0.211. The van der Waals surface area contributed by atoms with E-state index in [1.165, 1.54) is 12.1 Å². The Balaban J connectivity index is 1.47. The lowest BCUT2D eigenvalue weighted by molar-refractivity contribution is 0.243. The summed E-state index contributed by atoms with van der Waals surface area (Å²) in [5.41, 5.74) is 9.53. The van der Waals surface area contributed by atoms with Crippen LogP contribution in [0.25, 0.3) is 11.3 Å². The van der Waals surface area contributed by atoms with E-state index in [2.05, 4.69) is 19.9 Å². The van der Waals surface area contributed by atoms with Crippen molar-refractivity contribution in [3.63, 3.8) is 0 Å². The van der Waals surface area contributed by atoms with Gasteiger partial charge in [-0.05, 0) is 23.8 Å². The Bertz CT molecular complexity index is 943. The van der Waals surface area contributed by atoms with Crippen LogP contribution in [0, 0.1) is 11.6 Å². The average Bonchev–Trinajstić information content (AvgIpc) is 2.63. The molecule has 5 nitrogen and oxygen atoms in total. The van der Waals surface area contributed by atoms with E-state index in [0.29, 0.717) is 17.2 Å². The lowest BCUT2D eigenvalue weighted by Gasteiger charge is -2.27. The summed E-state index contributed by atoms with van der Waals surface area (Å²) in [5.74, 6) is -0.902. The maximum absolute atomic E-state index is 13.9. The molecule has 132 valence electrons. The molecule has 1 aliphatic heterocycles. The van der Waals surface area contributed by atoms with Gasteiger partial charge in [0.05, 0.1) is 11.4 Å². The van der Waals surface area contributed by atoms with Crippen LogP contribution in [0.3, 0.4) is 0 Å². The number of aromatic nitrogens is 3. The van der Waals surface area contributed by atoms with Crippen LogP contribution in [0.5, 0.6) is 0 Å². The maximum atomic E-state index is 13.9. The molecule has 0 amide bonds. The van der Waals surface area contributed by atoms with E-state index in [0.717, 1.165) is 48.9 Å². The summed E-state index contributed by atoms with van der Waals surface area (Å²) >= 11 is 0. The quantitative estimate of drug-likeness (QED) is 0.784. The van der Waals surface area contributed by atoms with Gasteiger partial charge in [0.15, 0.2) is 0 Å². The van der Waals surface area contributed by atoms with Crippen LogP contribution in [0.1, 0.15) is 16.8 Å². The van der Waals surface area contributed by atoms with E-state index >= 15 is 0 Å². The second-order valence-electron chi connectivity index (χ2n) is 6.34. The molecule has 3 aromatic rings. The molecule has 3 heterocycles. The minimum absolute atomic E-state index is 0.291. The van der Waals surface area contributed by atoms with Gasteiger partial charge in [-0.3, -0.25) is 9.88 Å². The molecule has 0 saturated heterocycles. The smallest absolute Gasteiger partial charge is 0.220 e. The number of fused-ring (bicyclic) bond motifs is 1. The zero-order chi connectivity index (χ0) is 18.1. The van der Waals surface area contributed by atoms with Gasteiger partial charge >= 0.3 is 0 Å². The number of halogens is 2. The fourth-order valence-electron chi connectivity index (χ4n) is 3.16. The normalized spacial score (nSPS) is 14.2.